The normalized spacial score (nSPS) is 12.8. The summed E-state index contributed by atoms with van der Waals surface area (Å²) in [5.41, 5.74) is 0. The van der Waals surface area contributed by atoms with Crippen LogP contribution in [0.4, 0.5) is 0 Å². The highest BCUT2D eigenvalue weighted by atomic mass is 16.5. The zero-order valence-electron chi connectivity index (χ0n) is 49.8. The maximum Gasteiger partial charge on any atom is 0.305 e. The van der Waals surface area contributed by atoms with Gasteiger partial charge < -0.3 is 20.3 Å². The van der Waals surface area contributed by atoms with Gasteiger partial charge >= 0.3 is 5.97 Å². The van der Waals surface area contributed by atoms with E-state index < -0.39 is 12.1 Å². The second kappa shape index (κ2) is 63.6. The highest BCUT2D eigenvalue weighted by molar-refractivity contribution is 5.76. The molecule has 0 aromatic rings. The number of carbonyl (C=O) groups excluding carboxylic acids is 2. The monoisotopic (exact) mass is 1040 g/mol. The molecule has 0 fully saturated rings. The number of amides is 1. The van der Waals surface area contributed by atoms with Crippen LogP contribution in [0.3, 0.4) is 0 Å². The number of aliphatic hydroxyl groups excluding tert-OH is 2. The van der Waals surface area contributed by atoms with Crippen LogP contribution in [0.1, 0.15) is 361 Å². The van der Waals surface area contributed by atoms with Crippen molar-refractivity contribution in [2.75, 3.05) is 13.2 Å². The lowest BCUT2D eigenvalue weighted by atomic mass is 10.0. The van der Waals surface area contributed by atoms with Crippen LogP contribution in [0.5, 0.6) is 0 Å². The predicted molar refractivity (Wildman–Crippen MR) is 324 cm³/mol. The van der Waals surface area contributed by atoms with E-state index in [2.05, 4.69) is 43.5 Å². The van der Waals surface area contributed by atoms with Crippen LogP contribution in [0.15, 0.2) is 36.5 Å². The van der Waals surface area contributed by atoms with E-state index in [1.54, 1.807) is 6.08 Å². The van der Waals surface area contributed by atoms with Gasteiger partial charge in [0.05, 0.1) is 25.4 Å². The quantitative estimate of drug-likeness (QED) is 0.0320. The van der Waals surface area contributed by atoms with Crippen LogP contribution in [0.2, 0.25) is 0 Å². The van der Waals surface area contributed by atoms with Crippen molar-refractivity contribution in [1.29, 1.82) is 0 Å². The number of aliphatic hydroxyl groups is 2. The first-order chi connectivity index (χ1) is 36.5. The van der Waals surface area contributed by atoms with Gasteiger partial charge in [-0.1, -0.05) is 301 Å². The van der Waals surface area contributed by atoms with Gasteiger partial charge in [-0.05, 0) is 83.5 Å². The fraction of sp³-hybridized carbons (Fsp3) is 0.882. The Hall–Kier alpha value is -1.92. The molecule has 6 nitrogen and oxygen atoms in total. The molecule has 3 N–H and O–H groups in total. The molecule has 0 aromatic heterocycles. The number of hydrogen-bond acceptors (Lipinski definition) is 5. The summed E-state index contributed by atoms with van der Waals surface area (Å²) in [6, 6.07) is -0.630. The number of esters is 1. The molecule has 0 aliphatic heterocycles. The molecule has 0 radical (unpaired) electrons. The van der Waals surface area contributed by atoms with Crippen LogP contribution in [-0.2, 0) is 14.3 Å². The Balaban J connectivity index is 3.39. The highest BCUT2D eigenvalue weighted by Crippen LogP contribution is 2.17. The van der Waals surface area contributed by atoms with Gasteiger partial charge in [0.15, 0.2) is 0 Å². The zero-order chi connectivity index (χ0) is 53.6. The molecule has 0 rings (SSSR count). The summed E-state index contributed by atoms with van der Waals surface area (Å²) in [5.74, 6) is -0.0576. The molecule has 0 aromatic carbocycles. The van der Waals surface area contributed by atoms with Gasteiger partial charge in [0.1, 0.15) is 0 Å². The van der Waals surface area contributed by atoms with E-state index in [9.17, 15) is 19.8 Å². The Morgan fingerprint density at radius 2 is 0.635 bits per heavy atom. The first-order valence-electron chi connectivity index (χ1n) is 33.3. The maximum absolute atomic E-state index is 12.5. The minimum absolute atomic E-state index is 0.0128. The van der Waals surface area contributed by atoms with E-state index in [1.807, 2.05) is 6.08 Å². The fourth-order valence-corrected chi connectivity index (χ4v) is 10.3. The summed E-state index contributed by atoms with van der Waals surface area (Å²) in [6.45, 7) is 4.91. The van der Waals surface area contributed by atoms with Crippen LogP contribution in [0.25, 0.3) is 0 Å². The number of nitrogens with one attached hydrogen (secondary N) is 1. The largest absolute Gasteiger partial charge is 0.466 e. The van der Waals surface area contributed by atoms with Crippen LogP contribution in [-0.4, -0.2) is 47.4 Å². The molecule has 0 bridgehead atoms. The van der Waals surface area contributed by atoms with Gasteiger partial charge in [-0.3, -0.25) is 9.59 Å². The standard InChI is InChI=1S/C68H129NO5/c1-3-5-7-9-11-13-15-17-18-19-27-31-34-38-42-46-50-54-58-62-68(73)74-63-59-55-51-47-43-39-35-32-29-26-24-22-20-21-23-25-28-30-33-37-41-45-49-53-57-61-67(72)69-65(64-70)66(71)60-56-52-48-44-40-36-16-14-12-10-8-6-4-2/h17-18,21,23,56,60,65-66,70-71H,3-16,19-20,22,24-55,57-59,61-64H2,1-2H3,(H,69,72)/b18-17-,23-21-,60-56+. The van der Waals surface area contributed by atoms with E-state index in [1.165, 1.54) is 289 Å². The van der Waals surface area contributed by atoms with E-state index >= 15 is 0 Å². The Kier molecular flexibility index (Phi) is 62.0. The number of hydrogen-bond donors (Lipinski definition) is 3. The topological polar surface area (TPSA) is 95.9 Å². The van der Waals surface area contributed by atoms with Crippen LogP contribution < -0.4 is 5.32 Å². The predicted octanol–water partition coefficient (Wildman–Crippen LogP) is 21.1. The number of allylic oxidation sites excluding steroid dienone is 5. The summed E-state index contributed by atoms with van der Waals surface area (Å²) in [7, 11) is 0. The summed E-state index contributed by atoms with van der Waals surface area (Å²) < 4.78 is 5.50. The van der Waals surface area contributed by atoms with E-state index in [-0.39, 0.29) is 18.5 Å². The first-order valence-corrected chi connectivity index (χ1v) is 33.3. The van der Waals surface area contributed by atoms with Crippen molar-refractivity contribution in [2.45, 2.75) is 373 Å². The molecule has 0 saturated heterocycles. The Morgan fingerprint density at radius 3 is 0.959 bits per heavy atom. The van der Waals surface area contributed by atoms with Crippen LogP contribution in [0, 0.1) is 0 Å². The van der Waals surface area contributed by atoms with Gasteiger partial charge in [-0.25, -0.2) is 0 Å². The van der Waals surface area contributed by atoms with Crippen molar-refractivity contribution in [3.8, 4) is 0 Å². The third kappa shape index (κ3) is 59.3. The molecule has 0 spiro atoms. The molecule has 0 aliphatic rings. The van der Waals surface area contributed by atoms with Gasteiger partial charge in [-0.15, -0.1) is 0 Å². The molecule has 436 valence electrons. The lowest BCUT2D eigenvalue weighted by Crippen LogP contribution is -2.45. The van der Waals surface area contributed by atoms with Crippen molar-refractivity contribution in [1.82, 2.24) is 5.32 Å². The lowest BCUT2D eigenvalue weighted by Gasteiger charge is -2.20. The lowest BCUT2D eigenvalue weighted by molar-refractivity contribution is -0.143. The van der Waals surface area contributed by atoms with Gasteiger partial charge in [0.25, 0.3) is 0 Å². The number of rotatable bonds is 62. The molecule has 2 unspecified atom stereocenters. The van der Waals surface area contributed by atoms with E-state index in [4.69, 9.17) is 4.74 Å². The maximum atomic E-state index is 12.5. The Morgan fingerprint density at radius 1 is 0.365 bits per heavy atom. The number of carbonyl (C=O) groups is 2. The SMILES string of the molecule is CCCCCCCC/C=C\CCCCCCCCCCCC(=O)OCCCCCCCCCCCCCC/C=C\CCCCCCCCCCCC(=O)NC(CO)C(O)/C=C/CCCCCCCCCCCCC. The molecule has 6 heteroatoms. The Bertz CT molecular complexity index is 1200. The molecule has 0 saturated carbocycles. The molecular formula is C68H129NO5. The summed E-state index contributed by atoms with van der Waals surface area (Å²) >= 11 is 0. The molecule has 0 heterocycles. The van der Waals surface area contributed by atoms with Crippen LogP contribution >= 0.6 is 0 Å². The van der Waals surface area contributed by atoms with Gasteiger partial charge in [0.2, 0.25) is 5.91 Å². The summed E-state index contributed by atoms with van der Waals surface area (Å²) in [5, 5.41) is 23.1. The number of ether oxygens (including phenoxy) is 1. The molecule has 74 heavy (non-hydrogen) atoms. The van der Waals surface area contributed by atoms with Gasteiger partial charge in [-0.2, -0.15) is 0 Å². The molecular weight excluding hydrogens is 911 g/mol. The average Bonchev–Trinajstić information content (AvgIpc) is 3.40. The minimum Gasteiger partial charge on any atom is -0.466 e. The van der Waals surface area contributed by atoms with Crippen molar-refractivity contribution in [3.05, 3.63) is 36.5 Å². The van der Waals surface area contributed by atoms with Gasteiger partial charge in [0, 0.05) is 12.8 Å². The smallest absolute Gasteiger partial charge is 0.305 e. The third-order valence-corrected chi connectivity index (χ3v) is 15.4. The first kappa shape index (κ1) is 72.1. The number of unbranched alkanes of at least 4 members (excludes halogenated alkanes) is 47. The van der Waals surface area contributed by atoms with Crippen molar-refractivity contribution < 1.29 is 24.5 Å². The second-order valence-electron chi connectivity index (χ2n) is 22.8. The average molecular weight is 1040 g/mol. The molecule has 1 amide bonds. The second-order valence-corrected chi connectivity index (χ2v) is 22.8. The van der Waals surface area contributed by atoms with Crippen molar-refractivity contribution >= 4 is 11.9 Å². The van der Waals surface area contributed by atoms with Crippen molar-refractivity contribution in [3.63, 3.8) is 0 Å². The summed E-state index contributed by atoms with van der Waals surface area (Å²) in [6.07, 6.45) is 80.6. The Labute approximate surface area is 462 Å². The minimum atomic E-state index is -0.846. The summed E-state index contributed by atoms with van der Waals surface area (Å²) in [4.78, 5) is 24.6. The zero-order valence-corrected chi connectivity index (χ0v) is 49.8. The van der Waals surface area contributed by atoms with E-state index in [0.29, 0.717) is 19.4 Å². The molecule has 2 atom stereocenters. The third-order valence-electron chi connectivity index (χ3n) is 15.4. The van der Waals surface area contributed by atoms with E-state index in [0.717, 1.165) is 44.9 Å². The molecule has 0 aliphatic carbocycles. The highest BCUT2D eigenvalue weighted by Gasteiger charge is 2.18. The fourth-order valence-electron chi connectivity index (χ4n) is 10.3. The van der Waals surface area contributed by atoms with Crippen molar-refractivity contribution in [2.24, 2.45) is 0 Å².